The van der Waals surface area contributed by atoms with Crippen molar-refractivity contribution in [3.05, 3.63) is 60.0 Å². The number of hydrogen-bond donors (Lipinski definition) is 0. The largest absolute Gasteiger partial charge is 0.378 e. The van der Waals surface area contributed by atoms with Crippen LogP contribution in [0.3, 0.4) is 0 Å². The number of ketones is 1. The third kappa shape index (κ3) is 1.83. The molecule has 5 rings (SSSR count). The highest BCUT2D eigenvalue weighted by Gasteiger charge is 2.29. The van der Waals surface area contributed by atoms with Crippen LogP contribution in [-0.4, -0.2) is 34.8 Å². The first-order valence-corrected chi connectivity index (χ1v) is 8.05. The van der Waals surface area contributed by atoms with Crippen LogP contribution in [0, 0.1) is 0 Å². The highest BCUT2D eigenvalue weighted by Crippen LogP contribution is 2.39. The van der Waals surface area contributed by atoms with E-state index < -0.39 is 0 Å². The Bertz CT molecular complexity index is 1200. The van der Waals surface area contributed by atoms with Gasteiger partial charge in [-0.25, -0.2) is 4.98 Å². The van der Waals surface area contributed by atoms with Gasteiger partial charge in [0.05, 0.1) is 16.8 Å². The van der Waals surface area contributed by atoms with E-state index in [4.69, 9.17) is 0 Å². The van der Waals surface area contributed by atoms with Crippen LogP contribution in [0.1, 0.15) is 16.1 Å². The second-order valence-corrected chi connectivity index (χ2v) is 6.37. The molecule has 0 radical (unpaired) electrons. The van der Waals surface area contributed by atoms with Gasteiger partial charge >= 0.3 is 0 Å². The molecule has 0 unspecified atom stereocenters. The van der Waals surface area contributed by atoms with Crippen molar-refractivity contribution in [2.45, 2.75) is 0 Å². The smallest absolute Gasteiger partial charge is 0.214 e. The fourth-order valence-corrected chi connectivity index (χ4v) is 3.47. The number of hydrogen-bond acceptors (Lipinski definition) is 5. The molecule has 1 aliphatic rings. The van der Waals surface area contributed by atoms with Crippen molar-refractivity contribution in [2.75, 3.05) is 19.0 Å². The van der Waals surface area contributed by atoms with E-state index in [1.165, 1.54) is 0 Å². The van der Waals surface area contributed by atoms with E-state index in [9.17, 15) is 4.79 Å². The third-order valence-corrected chi connectivity index (χ3v) is 4.70. The third-order valence-electron chi connectivity index (χ3n) is 4.70. The molecule has 5 nitrogen and oxygen atoms in total. The number of fused-ring (bicyclic) bond motifs is 4. The summed E-state index contributed by atoms with van der Waals surface area (Å²) in [6.07, 6.45) is 3.47. The van der Waals surface area contributed by atoms with E-state index in [-0.39, 0.29) is 5.78 Å². The predicted octanol–water partition coefficient (Wildman–Crippen LogP) is 3.46. The van der Waals surface area contributed by atoms with Crippen LogP contribution in [0.4, 0.5) is 5.69 Å². The van der Waals surface area contributed by atoms with Crippen LogP contribution >= 0.6 is 0 Å². The molecular formula is C20H14N4O. The molecule has 0 bridgehead atoms. The minimum Gasteiger partial charge on any atom is -0.378 e. The summed E-state index contributed by atoms with van der Waals surface area (Å²) in [6.45, 7) is 0. The normalized spacial score (nSPS) is 12.5. The van der Waals surface area contributed by atoms with Crippen molar-refractivity contribution < 1.29 is 4.79 Å². The predicted molar refractivity (Wildman–Crippen MR) is 98.0 cm³/mol. The number of nitrogens with zero attached hydrogens (tertiary/aromatic N) is 4. The molecule has 0 spiro atoms. The summed E-state index contributed by atoms with van der Waals surface area (Å²) >= 11 is 0. The van der Waals surface area contributed by atoms with Gasteiger partial charge in [-0.15, -0.1) is 0 Å². The van der Waals surface area contributed by atoms with Gasteiger partial charge < -0.3 is 4.90 Å². The Morgan fingerprint density at radius 3 is 2.56 bits per heavy atom. The molecule has 1 aromatic carbocycles. The number of benzene rings is 1. The van der Waals surface area contributed by atoms with Gasteiger partial charge in [-0.05, 0) is 41.8 Å². The van der Waals surface area contributed by atoms with Crippen molar-refractivity contribution in [2.24, 2.45) is 0 Å². The number of carbonyl (C=O) groups is 1. The van der Waals surface area contributed by atoms with Gasteiger partial charge in [-0.3, -0.25) is 14.8 Å². The molecule has 0 aliphatic heterocycles. The Morgan fingerprint density at radius 2 is 1.72 bits per heavy atom. The zero-order valence-electron chi connectivity index (χ0n) is 13.8. The lowest BCUT2D eigenvalue weighted by molar-refractivity contribution is 0.103. The average molecular weight is 326 g/mol. The van der Waals surface area contributed by atoms with E-state index in [0.29, 0.717) is 17.0 Å². The SMILES string of the molecule is CN(C)c1ccc2nc3c4c(nccc4c2c1)-c1ncccc1C3=O. The second kappa shape index (κ2) is 4.83. The van der Waals surface area contributed by atoms with E-state index in [2.05, 4.69) is 25.9 Å². The van der Waals surface area contributed by atoms with Crippen molar-refractivity contribution in [1.82, 2.24) is 15.0 Å². The second-order valence-electron chi connectivity index (χ2n) is 6.37. The molecule has 3 aromatic heterocycles. The Morgan fingerprint density at radius 1 is 0.880 bits per heavy atom. The molecule has 1 aliphatic carbocycles. The van der Waals surface area contributed by atoms with E-state index in [1.54, 1.807) is 24.5 Å². The van der Waals surface area contributed by atoms with Crippen LogP contribution in [0.15, 0.2) is 48.8 Å². The number of rotatable bonds is 1. The van der Waals surface area contributed by atoms with Crippen molar-refractivity contribution in [1.29, 1.82) is 0 Å². The minimum atomic E-state index is -0.0906. The summed E-state index contributed by atoms with van der Waals surface area (Å²) in [5.41, 5.74) is 4.29. The fourth-order valence-electron chi connectivity index (χ4n) is 3.47. The summed E-state index contributed by atoms with van der Waals surface area (Å²) in [7, 11) is 4.01. The molecule has 0 amide bonds. The molecule has 4 aromatic rings. The number of anilines is 1. The lowest BCUT2D eigenvalue weighted by Gasteiger charge is -2.19. The molecule has 0 N–H and O–H groups in total. The number of pyridine rings is 3. The van der Waals surface area contributed by atoms with E-state index in [1.807, 2.05) is 32.3 Å². The first kappa shape index (κ1) is 14.0. The number of aromatic nitrogens is 3. The van der Waals surface area contributed by atoms with Gasteiger partial charge in [0.15, 0.2) is 0 Å². The van der Waals surface area contributed by atoms with Crippen LogP contribution in [-0.2, 0) is 0 Å². The van der Waals surface area contributed by atoms with Gasteiger partial charge in [-0.2, -0.15) is 0 Å². The lowest BCUT2D eigenvalue weighted by atomic mass is 9.90. The van der Waals surface area contributed by atoms with Gasteiger partial charge in [-0.1, -0.05) is 0 Å². The summed E-state index contributed by atoms with van der Waals surface area (Å²) < 4.78 is 0. The van der Waals surface area contributed by atoms with E-state index in [0.717, 1.165) is 33.1 Å². The highest BCUT2D eigenvalue weighted by molar-refractivity contribution is 6.27. The molecule has 120 valence electrons. The first-order chi connectivity index (χ1) is 12.1. The van der Waals surface area contributed by atoms with Crippen LogP contribution in [0.5, 0.6) is 0 Å². The molecule has 0 saturated heterocycles. The Hall–Kier alpha value is -3.34. The molecule has 0 saturated carbocycles. The van der Waals surface area contributed by atoms with Crippen LogP contribution in [0.2, 0.25) is 0 Å². The van der Waals surface area contributed by atoms with Gasteiger partial charge in [0.25, 0.3) is 0 Å². The molecule has 3 heterocycles. The minimum absolute atomic E-state index is 0.0906. The van der Waals surface area contributed by atoms with Crippen LogP contribution in [0.25, 0.3) is 33.1 Å². The maximum atomic E-state index is 13.0. The first-order valence-electron chi connectivity index (χ1n) is 8.05. The van der Waals surface area contributed by atoms with Gasteiger partial charge in [0, 0.05) is 42.9 Å². The summed E-state index contributed by atoms with van der Waals surface area (Å²) in [4.78, 5) is 28.6. The maximum absolute atomic E-state index is 13.0. The molecule has 0 atom stereocenters. The molecule has 0 fully saturated rings. The maximum Gasteiger partial charge on any atom is 0.214 e. The monoisotopic (exact) mass is 326 g/mol. The Kier molecular flexibility index (Phi) is 2.71. The van der Waals surface area contributed by atoms with Gasteiger partial charge in [0.1, 0.15) is 11.4 Å². The molecule has 5 heteroatoms. The standard InChI is InChI=1S/C20H14N4O/c1-24(2)11-5-6-15-14(10-11)12-7-9-22-18-16(12)19(23-15)20(25)13-4-3-8-21-17(13)18/h3-10H,1-2H3. The average Bonchev–Trinajstić information content (AvgIpc) is 2.65. The summed E-state index contributed by atoms with van der Waals surface area (Å²) in [5.74, 6) is -0.0906. The quantitative estimate of drug-likeness (QED) is 0.442. The van der Waals surface area contributed by atoms with Crippen molar-refractivity contribution >= 4 is 33.1 Å². The number of carbonyl (C=O) groups excluding carboxylic acids is 1. The van der Waals surface area contributed by atoms with Crippen molar-refractivity contribution in [3.63, 3.8) is 0 Å². The Labute approximate surface area is 144 Å². The Balaban J connectivity index is 1.99. The van der Waals surface area contributed by atoms with E-state index >= 15 is 0 Å². The zero-order valence-corrected chi connectivity index (χ0v) is 13.8. The summed E-state index contributed by atoms with van der Waals surface area (Å²) in [5, 5.41) is 2.79. The van der Waals surface area contributed by atoms with Crippen LogP contribution < -0.4 is 4.90 Å². The zero-order chi connectivity index (χ0) is 17.1. The highest BCUT2D eigenvalue weighted by atomic mass is 16.1. The molecule has 25 heavy (non-hydrogen) atoms. The summed E-state index contributed by atoms with van der Waals surface area (Å²) in [6, 6.07) is 11.6. The molecular weight excluding hydrogens is 312 g/mol. The lowest BCUT2D eigenvalue weighted by Crippen LogP contribution is -2.14. The topological polar surface area (TPSA) is 59.0 Å². The fraction of sp³-hybridized carbons (Fsp3) is 0.100. The van der Waals surface area contributed by atoms with Gasteiger partial charge in [0.2, 0.25) is 5.78 Å². The van der Waals surface area contributed by atoms with Crippen molar-refractivity contribution in [3.8, 4) is 11.4 Å².